The minimum absolute atomic E-state index is 0.0169. The molecule has 1 saturated heterocycles. The molecule has 132 valence electrons. The van der Waals surface area contributed by atoms with E-state index in [0.717, 1.165) is 16.9 Å². The number of rotatable bonds is 5. The first-order chi connectivity index (χ1) is 12.1. The zero-order chi connectivity index (χ0) is 17.8. The molecule has 1 aliphatic rings. The number of para-hydroxylation sites is 1. The second-order valence-corrected chi connectivity index (χ2v) is 6.31. The average Bonchev–Trinajstić information content (AvgIpc) is 3.02. The lowest BCUT2D eigenvalue weighted by molar-refractivity contribution is -0.132. The van der Waals surface area contributed by atoms with Crippen molar-refractivity contribution in [3.8, 4) is 5.75 Å². The summed E-state index contributed by atoms with van der Waals surface area (Å²) in [6, 6.07) is 13.6. The van der Waals surface area contributed by atoms with Crippen LogP contribution in [0.3, 0.4) is 0 Å². The van der Waals surface area contributed by atoms with Crippen LogP contribution in [0.4, 0.5) is 4.39 Å². The molecule has 4 nitrogen and oxygen atoms in total. The van der Waals surface area contributed by atoms with E-state index in [1.807, 2.05) is 24.3 Å². The topological polar surface area (TPSA) is 49.8 Å². The Morgan fingerprint density at radius 2 is 1.96 bits per heavy atom. The van der Waals surface area contributed by atoms with Crippen LogP contribution in [0.25, 0.3) is 0 Å². The third-order valence-electron chi connectivity index (χ3n) is 4.65. The number of amides is 1. The minimum atomic E-state index is -0.551. The van der Waals surface area contributed by atoms with E-state index in [0.29, 0.717) is 25.8 Å². The summed E-state index contributed by atoms with van der Waals surface area (Å²) in [5.74, 6) is 0.444. The fraction of sp³-hybridized carbons (Fsp3) is 0.350. The Kier molecular flexibility index (Phi) is 5.34. The van der Waals surface area contributed by atoms with Crippen LogP contribution < -0.4 is 4.74 Å². The minimum Gasteiger partial charge on any atom is -0.496 e. The summed E-state index contributed by atoms with van der Waals surface area (Å²) in [5.41, 5.74) is 1.83. The Hall–Kier alpha value is -2.40. The molecule has 0 spiro atoms. The molecule has 25 heavy (non-hydrogen) atoms. The largest absolute Gasteiger partial charge is 0.496 e. The molecule has 1 aliphatic heterocycles. The molecule has 2 atom stereocenters. The lowest BCUT2D eigenvalue weighted by Gasteiger charge is -2.25. The molecule has 0 radical (unpaired) electrons. The van der Waals surface area contributed by atoms with Gasteiger partial charge in [0.25, 0.3) is 0 Å². The number of nitrogens with zero attached hydrogens (tertiary/aromatic N) is 1. The van der Waals surface area contributed by atoms with Gasteiger partial charge in [0.2, 0.25) is 5.91 Å². The van der Waals surface area contributed by atoms with Gasteiger partial charge in [0.05, 0.1) is 19.3 Å². The predicted molar refractivity (Wildman–Crippen MR) is 92.8 cm³/mol. The molecular weight excluding hydrogens is 321 g/mol. The standard InChI is InChI=1S/C20H22FNO3/c1-25-19-5-3-2-4-15(19)8-11-20(24)22-13-17(23)12-18(22)14-6-9-16(21)10-7-14/h2-7,9-10,17-18,23H,8,11-13H2,1H3/t17-,18+/m0/s1. The van der Waals surface area contributed by atoms with Crippen LogP contribution in [0.2, 0.25) is 0 Å². The number of aliphatic hydroxyl groups is 1. The highest BCUT2D eigenvalue weighted by atomic mass is 19.1. The first-order valence-electron chi connectivity index (χ1n) is 8.43. The van der Waals surface area contributed by atoms with Gasteiger partial charge in [-0.25, -0.2) is 4.39 Å². The molecule has 3 rings (SSSR count). The molecule has 0 saturated carbocycles. The highest BCUT2D eigenvalue weighted by Crippen LogP contribution is 2.33. The van der Waals surface area contributed by atoms with E-state index in [1.165, 1.54) is 12.1 Å². The van der Waals surface area contributed by atoms with Crippen molar-refractivity contribution in [3.05, 3.63) is 65.5 Å². The van der Waals surface area contributed by atoms with Crippen molar-refractivity contribution in [1.29, 1.82) is 0 Å². The molecule has 1 fully saturated rings. The summed E-state index contributed by atoms with van der Waals surface area (Å²) < 4.78 is 18.5. The summed E-state index contributed by atoms with van der Waals surface area (Å²) in [5, 5.41) is 10.0. The second-order valence-electron chi connectivity index (χ2n) is 6.31. The van der Waals surface area contributed by atoms with Gasteiger partial charge in [0.1, 0.15) is 11.6 Å². The SMILES string of the molecule is COc1ccccc1CCC(=O)N1C[C@@H](O)C[C@@H]1c1ccc(F)cc1. The number of aliphatic hydroxyl groups excluding tert-OH is 1. The van der Waals surface area contributed by atoms with Gasteiger partial charge in [-0.1, -0.05) is 30.3 Å². The van der Waals surface area contributed by atoms with Gasteiger partial charge in [0.15, 0.2) is 0 Å². The van der Waals surface area contributed by atoms with Crippen LogP contribution in [-0.4, -0.2) is 35.7 Å². The summed E-state index contributed by atoms with van der Waals surface area (Å²) in [6.45, 7) is 0.312. The van der Waals surface area contributed by atoms with Crippen molar-refractivity contribution in [3.63, 3.8) is 0 Å². The van der Waals surface area contributed by atoms with Gasteiger partial charge in [-0.15, -0.1) is 0 Å². The summed E-state index contributed by atoms with van der Waals surface area (Å²) in [6.07, 6.45) is 0.841. The van der Waals surface area contributed by atoms with Crippen molar-refractivity contribution in [2.24, 2.45) is 0 Å². The molecule has 0 aromatic heterocycles. The van der Waals surface area contributed by atoms with Gasteiger partial charge >= 0.3 is 0 Å². The number of ether oxygens (including phenoxy) is 1. The molecule has 1 amide bonds. The Balaban J connectivity index is 1.70. The molecule has 0 unspecified atom stereocenters. The van der Waals surface area contributed by atoms with E-state index in [9.17, 15) is 14.3 Å². The van der Waals surface area contributed by atoms with Crippen molar-refractivity contribution < 1.29 is 19.0 Å². The molecule has 2 aromatic rings. The summed E-state index contributed by atoms with van der Waals surface area (Å²) in [4.78, 5) is 14.4. The van der Waals surface area contributed by atoms with Gasteiger partial charge in [0, 0.05) is 13.0 Å². The highest BCUT2D eigenvalue weighted by Gasteiger charge is 2.34. The fourth-order valence-electron chi connectivity index (χ4n) is 3.39. The number of likely N-dealkylation sites (tertiary alicyclic amines) is 1. The second kappa shape index (κ2) is 7.66. The number of carbonyl (C=O) groups is 1. The van der Waals surface area contributed by atoms with Crippen molar-refractivity contribution in [2.45, 2.75) is 31.4 Å². The maximum atomic E-state index is 13.1. The molecule has 1 N–H and O–H groups in total. The summed E-state index contributed by atoms with van der Waals surface area (Å²) >= 11 is 0. The predicted octanol–water partition coefficient (Wildman–Crippen LogP) is 3.10. The molecule has 1 heterocycles. The van der Waals surface area contributed by atoms with E-state index in [-0.39, 0.29) is 17.8 Å². The van der Waals surface area contributed by atoms with Crippen LogP contribution >= 0.6 is 0 Å². The first kappa shape index (κ1) is 17.4. The Labute approximate surface area is 146 Å². The van der Waals surface area contributed by atoms with Crippen LogP contribution in [-0.2, 0) is 11.2 Å². The number of carbonyl (C=O) groups excluding carboxylic acids is 1. The lowest BCUT2D eigenvalue weighted by Crippen LogP contribution is -2.32. The van der Waals surface area contributed by atoms with Crippen molar-refractivity contribution in [1.82, 2.24) is 4.90 Å². The van der Waals surface area contributed by atoms with Crippen LogP contribution in [0.5, 0.6) is 5.75 Å². The van der Waals surface area contributed by atoms with Gasteiger partial charge in [-0.05, 0) is 42.2 Å². The number of methoxy groups -OCH3 is 1. The number of hydrogen-bond donors (Lipinski definition) is 1. The maximum absolute atomic E-state index is 13.1. The normalized spacial score (nSPS) is 19.9. The number of benzene rings is 2. The number of β-amino-alcohol motifs (C(OH)–C–C–N with tert-alkyl or cyclic N) is 1. The molecular formula is C20H22FNO3. The lowest BCUT2D eigenvalue weighted by atomic mass is 10.0. The van der Waals surface area contributed by atoms with E-state index in [2.05, 4.69) is 0 Å². The molecule has 0 aliphatic carbocycles. The van der Waals surface area contributed by atoms with E-state index in [1.54, 1.807) is 24.1 Å². The van der Waals surface area contributed by atoms with Crippen LogP contribution in [0, 0.1) is 5.82 Å². The third kappa shape index (κ3) is 3.99. The van der Waals surface area contributed by atoms with E-state index >= 15 is 0 Å². The average molecular weight is 343 g/mol. The summed E-state index contributed by atoms with van der Waals surface area (Å²) in [7, 11) is 1.61. The molecule has 5 heteroatoms. The van der Waals surface area contributed by atoms with Crippen LogP contribution in [0.1, 0.15) is 30.0 Å². The zero-order valence-electron chi connectivity index (χ0n) is 14.2. The highest BCUT2D eigenvalue weighted by molar-refractivity contribution is 5.77. The van der Waals surface area contributed by atoms with E-state index in [4.69, 9.17) is 4.74 Å². The molecule has 2 aromatic carbocycles. The number of hydrogen-bond acceptors (Lipinski definition) is 3. The smallest absolute Gasteiger partial charge is 0.223 e. The van der Waals surface area contributed by atoms with Gasteiger partial charge < -0.3 is 14.7 Å². The van der Waals surface area contributed by atoms with Crippen molar-refractivity contribution >= 4 is 5.91 Å². The quantitative estimate of drug-likeness (QED) is 0.908. The Bertz CT molecular complexity index is 732. The monoisotopic (exact) mass is 343 g/mol. The maximum Gasteiger partial charge on any atom is 0.223 e. The van der Waals surface area contributed by atoms with Gasteiger partial charge in [-0.3, -0.25) is 4.79 Å². The number of halogens is 1. The Morgan fingerprint density at radius 3 is 2.68 bits per heavy atom. The van der Waals surface area contributed by atoms with Crippen molar-refractivity contribution in [2.75, 3.05) is 13.7 Å². The number of aryl methyl sites for hydroxylation is 1. The van der Waals surface area contributed by atoms with Crippen LogP contribution in [0.15, 0.2) is 48.5 Å². The van der Waals surface area contributed by atoms with E-state index < -0.39 is 6.10 Å². The zero-order valence-corrected chi connectivity index (χ0v) is 14.2. The first-order valence-corrected chi connectivity index (χ1v) is 8.43. The van der Waals surface area contributed by atoms with Gasteiger partial charge in [-0.2, -0.15) is 0 Å². The molecule has 0 bridgehead atoms. The fourth-order valence-corrected chi connectivity index (χ4v) is 3.39. The Morgan fingerprint density at radius 1 is 1.24 bits per heavy atom. The third-order valence-corrected chi connectivity index (χ3v) is 4.65.